The zero-order valence-corrected chi connectivity index (χ0v) is 14.7. The summed E-state index contributed by atoms with van der Waals surface area (Å²) in [5.41, 5.74) is -1.06. The van der Waals surface area contributed by atoms with Crippen molar-refractivity contribution in [3.63, 3.8) is 0 Å². The Morgan fingerprint density at radius 3 is 0.950 bits per heavy atom. The molecular formula is C17H30O3. The van der Waals surface area contributed by atoms with E-state index in [1.807, 2.05) is 41.5 Å². The Labute approximate surface area is 125 Å². The standard InChI is InChI=1S/C10H18O2.C7H12O/c1-9(2,11-5)7-8-10(3,4)12-6;1-5-6-7(2,3)8-4/h1-6H3;1-4H3. The van der Waals surface area contributed by atoms with Crippen LogP contribution in [0.2, 0.25) is 0 Å². The van der Waals surface area contributed by atoms with Crippen LogP contribution in [0.3, 0.4) is 0 Å². The largest absolute Gasteiger partial charge is 0.366 e. The van der Waals surface area contributed by atoms with Crippen LogP contribution in [0.5, 0.6) is 0 Å². The van der Waals surface area contributed by atoms with E-state index < -0.39 is 11.2 Å². The van der Waals surface area contributed by atoms with Crippen LogP contribution in [0.1, 0.15) is 48.5 Å². The molecule has 0 aliphatic heterocycles. The average Bonchev–Trinajstić information content (AvgIpc) is 2.38. The van der Waals surface area contributed by atoms with Gasteiger partial charge >= 0.3 is 0 Å². The van der Waals surface area contributed by atoms with Crippen molar-refractivity contribution in [2.45, 2.75) is 65.3 Å². The molecule has 0 amide bonds. The molecule has 0 saturated heterocycles. The van der Waals surface area contributed by atoms with Crippen molar-refractivity contribution in [2.24, 2.45) is 0 Å². The minimum Gasteiger partial charge on any atom is -0.366 e. The van der Waals surface area contributed by atoms with Gasteiger partial charge in [-0.15, -0.1) is 5.92 Å². The van der Waals surface area contributed by atoms with Crippen LogP contribution < -0.4 is 0 Å². The first-order valence-corrected chi connectivity index (χ1v) is 6.59. The second-order valence-electron chi connectivity index (χ2n) is 5.77. The number of hydrogen-bond donors (Lipinski definition) is 0. The summed E-state index contributed by atoms with van der Waals surface area (Å²) >= 11 is 0. The SMILES string of the molecule is CC#CC(C)(C)OC.COC(C)(C)C#CC(C)(C)OC. The van der Waals surface area contributed by atoms with Crippen molar-refractivity contribution >= 4 is 0 Å². The summed E-state index contributed by atoms with van der Waals surface area (Å²) in [6.07, 6.45) is 0. The molecule has 0 aliphatic rings. The number of rotatable bonds is 3. The molecule has 0 saturated carbocycles. The van der Waals surface area contributed by atoms with E-state index in [0.717, 1.165) is 0 Å². The first-order chi connectivity index (χ1) is 8.95. The first kappa shape index (κ1) is 21.3. The van der Waals surface area contributed by atoms with Gasteiger partial charge in [0.15, 0.2) is 0 Å². The topological polar surface area (TPSA) is 27.7 Å². The van der Waals surface area contributed by atoms with Crippen molar-refractivity contribution < 1.29 is 14.2 Å². The van der Waals surface area contributed by atoms with Gasteiger partial charge in [-0.25, -0.2) is 0 Å². The molecule has 0 aromatic carbocycles. The van der Waals surface area contributed by atoms with Gasteiger partial charge in [-0.3, -0.25) is 0 Å². The molecule has 0 spiro atoms. The molecule has 0 bridgehead atoms. The summed E-state index contributed by atoms with van der Waals surface area (Å²) in [5, 5.41) is 0. The third-order valence-electron chi connectivity index (χ3n) is 2.62. The highest BCUT2D eigenvalue weighted by Gasteiger charge is 2.15. The molecule has 0 aromatic rings. The normalized spacial score (nSPS) is 11.3. The van der Waals surface area contributed by atoms with Crippen molar-refractivity contribution in [1.29, 1.82) is 0 Å². The number of hydrogen-bond acceptors (Lipinski definition) is 3. The van der Waals surface area contributed by atoms with E-state index in [4.69, 9.17) is 14.2 Å². The van der Waals surface area contributed by atoms with Crippen molar-refractivity contribution in [1.82, 2.24) is 0 Å². The summed E-state index contributed by atoms with van der Waals surface area (Å²) in [6.45, 7) is 13.4. The van der Waals surface area contributed by atoms with Crippen LogP contribution in [0.25, 0.3) is 0 Å². The lowest BCUT2D eigenvalue weighted by atomic mass is 10.1. The molecule has 0 N–H and O–H groups in total. The molecule has 0 heterocycles. The second kappa shape index (κ2) is 9.03. The monoisotopic (exact) mass is 282 g/mol. The van der Waals surface area contributed by atoms with Gasteiger partial charge < -0.3 is 14.2 Å². The minimum absolute atomic E-state index is 0.269. The Bertz CT molecular complexity index is 364. The fourth-order valence-electron chi connectivity index (χ4n) is 0.755. The lowest BCUT2D eigenvalue weighted by molar-refractivity contribution is 0.0644. The summed E-state index contributed by atoms with van der Waals surface area (Å²) in [6, 6.07) is 0. The molecule has 20 heavy (non-hydrogen) atoms. The zero-order valence-electron chi connectivity index (χ0n) is 14.7. The molecule has 3 nitrogen and oxygen atoms in total. The summed E-state index contributed by atoms with van der Waals surface area (Å²) in [5.74, 6) is 11.7. The third kappa shape index (κ3) is 12.1. The third-order valence-corrected chi connectivity index (χ3v) is 2.62. The maximum atomic E-state index is 5.15. The first-order valence-electron chi connectivity index (χ1n) is 6.59. The molecule has 116 valence electrons. The van der Waals surface area contributed by atoms with E-state index in [0.29, 0.717) is 0 Å². The van der Waals surface area contributed by atoms with E-state index >= 15 is 0 Å². The Balaban J connectivity index is 0. The average molecular weight is 282 g/mol. The molecule has 0 radical (unpaired) electrons. The Hall–Kier alpha value is -1.00. The quantitative estimate of drug-likeness (QED) is 0.744. The maximum Gasteiger partial charge on any atom is 0.122 e. The van der Waals surface area contributed by atoms with E-state index in [1.165, 1.54) is 0 Å². The van der Waals surface area contributed by atoms with Gasteiger partial charge in [0.2, 0.25) is 0 Å². The van der Waals surface area contributed by atoms with Crippen LogP contribution in [-0.2, 0) is 14.2 Å². The van der Waals surface area contributed by atoms with Crippen molar-refractivity contribution in [3.05, 3.63) is 0 Å². The van der Waals surface area contributed by atoms with Gasteiger partial charge in [-0.1, -0.05) is 17.8 Å². The Kier molecular flexibility index (Phi) is 9.62. The van der Waals surface area contributed by atoms with Gasteiger partial charge in [-0.2, -0.15) is 0 Å². The lowest BCUT2D eigenvalue weighted by Crippen LogP contribution is -2.24. The van der Waals surface area contributed by atoms with Crippen molar-refractivity contribution in [2.75, 3.05) is 21.3 Å². The predicted molar refractivity (Wildman–Crippen MR) is 84.5 cm³/mol. The molecular weight excluding hydrogens is 252 g/mol. The number of methoxy groups -OCH3 is 3. The fourth-order valence-corrected chi connectivity index (χ4v) is 0.755. The Morgan fingerprint density at radius 2 is 0.800 bits per heavy atom. The van der Waals surface area contributed by atoms with Crippen LogP contribution >= 0.6 is 0 Å². The van der Waals surface area contributed by atoms with Crippen LogP contribution in [0.15, 0.2) is 0 Å². The van der Waals surface area contributed by atoms with E-state index in [-0.39, 0.29) is 5.60 Å². The van der Waals surface area contributed by atoms with Gasteiger partial charge in [0.25, 0.3) is 0 Å². The maximum absolute atomic E-state index is 5.15. The van der Waals surface area contributed by atoms with Crippen LogP contribution in [0, 0.1) is 23.7 Å². The van der Waals surface area contributed by atoms with Gasteiger partial charge in [0.05, 0.1) is 0 Å². The second-order valence-corrected chi connectivity index (χ2v) is 5.77. The fraction of sp³-hybridized carbons (Fsp3) is 0.765. The molecule has 0 fully saturated rings. The van der Waals surface area contributed by atoms with Gasteiger partial charge in [0, 0.05) is 21.3 Å². The summed E-state index contributed by atoms with van der Waals surface area (Å²) in [7, 11) is 4.95. The number of ether oxygens (including phenoxy) is 3. The minimum atomic E-state index is -0.393. The highest BCUT2D eigenvalue weighted by atomic mass is 16.5. The van der Waals surface area contributed by atoms with E-state index in [1.54, 1.807) is 28.3 Å². The highest BCUT2D eigenvalue weighted by Crippen LogP contribution is 2.09. The van der Waals surface area contributed by atoms with Crippen molar-refractivity contribution in [3.8, 4) is 23.7 Å². The van der Waals surface area contributed by atoms with Gasteiger partial charge in [-0.05, 0) is 48.5 Å². The lowest BCUT2D eigenvalue weighted by Gasteiger charge is -2.18. The van der Waals surface area contributed by atoms with E-state index in [2.05, 4.69) is 23.7 Å². The molecule has 0 atom stereocenters. The van der Waals surface area contributed by atoms with Crippen LogP contribution in [-0.4, -0.2) is 38.1 Å². The molecule has 0 rings (SSSR count). The molecule has 0 aromatic heterocycles. The predicted octanol–water partition coefficient (Wildman–Crippen LogP) is 3.27. The Morgan fingerprint density at radius 1 is 0.550 bits per heavy atom. The van der Waals surface area contributed by atoms with E-state index in [9.17, 15) is 0 Å². The van der Waals surface area contributed by atoms with Crippen LogP contribution in [0.4, 0.5) is 0 Å². The highest BCUT2D eigenvalue weighted by molar-refractivity contribution is 5.18. The molecule has 0 aliphatic carbocycles. The molecule has 3 heteroatoms. The molecule has 0 unspecified atom stereocenters. The summed E-state index contributed by atoms with van der Waals surface area (Å²) < 4.78 is 15.3. The smallest absolute Gasteiger partial charge is 0.122 e. The van der Waals surface area contributed by atoms with Gasteiger partial charge in [0.1, 0.15) is 16.8 Å². The zero-order chi connectivity index (χ0) is 16.4. The summed E-state index contributed by atoms with van der Waals surface area (Å²) in [4.78, 5) is 0.